The number of aliphatic imine (C=N–C) groups is 1. The van der Waals surface area contributed by atoms with Crippen molar-refractivity contribution in [3.8, 4) is 5.82 Å². The summed E-state index contributed by atoms with van der Waals surface area (Å²) >= 11 is 0. The summed E-state index contributed by atoms with van der Waals surface area (Å²) in [7, 11) is 1.73. The Morgan fingerprint density at radius 1 is 1.21 bits per heavy atom. The number of aryl methyl sites for hydroxylation is 1. The fourth-order valence-corrected chi connectivity index (χ4v) is 2.73. The van der Waals surface area contributed by atoms with E-state index in [0.717, 1.165) is 28.9 Å². The highest BCUT2D eigenvalue weighted by atomic mass is 127. The Bertz CT molecular complexity index is 894. The van der Waals surface area contributed by atoms with E-state index >= 15 is 0 Å². The molecular formula is C20H24FIN6. The number of guanidine groups is 1. The van der Waals surface area contributed by atoms with Gasteiger partial charge in [-0.05, 0) is 48.2 Å². The molecule has 1 aromatic carbocycles. The first-order valence-corrected chi connectivity index (χ1v) is 8.78. The van der Waals surface area contributed by atoms with Crippen LogP contribution in [0.4, 0.5) is 4.39 Å². The Balaban J connectivity index is 0.00000280. The number of pyridine rings is 1. The molecule has 0 amide bonds. The molecule has 0 unspecified atom stereocenters. The predicted octanol–water partition coefficient (Wildman–Crippen LogP) is 3.24. The van der Waals surface area contributed by atoms with Crippen molar-refractivity contribution in [2.75, 3.05) is 13.6 Å². The van der Waals surface area contributed by atoms with Gasteiger partial charge >= 0.3 is 0 Å². The van der Waals surface area contributed by atoms with Crippen LogP contribution in [0.2, 0.25) is 0 Å². The van der Waals surface area contributed by atoms with Gasteiger partial charge in [0.2, 0.25) is 0 Å². The second kappa shape index (κ2) is 10.7. The number of hydrogen-bond acceptors (Lipinski definition) is 3. The molecule has 8 heteroatoms. The number of rotatable bonds is 6. The van der Waals surface area contributed by atoms with Gasteiger partial charge in [0.1, 0.15) is 18.0 Å². The molecule has 28 heavy (non-hydrogen) atoms. The van der Waals surface area contributed by atoms with Crippen LogP contribution in [0, 0.1) is 12.7 Å². The summed E-state index contributed by atoms with van der Waals surface area (Å²) in [6.07, 6.45) is 7.93. The largest absolute Gasteiger partial charge is 0.356 e. The first-order chi connectivity index (χ1) is 13.2. The van der Waals surface area contributed by atoms with Crippen molar-refractivity contribution in [3.63, 3.8) is 0 Å². The lowest BCUT2D eigenvalue weighted by molar-refractivity contribution is 0.625. The van der Waals surface area contributed by atoms with Crippen LogP contribution < -0.4 is 10.6 Å². The maximum Gasteiger partial charge on any atom is 0.191 e. The summed E-state index contributed by atoms with van der Waals surface area (Å²) in [4.78, 5) is 12.7. The molecule has 0 saturated heterocycles. The van der Waals surface area contributed by atoms with E-state index in [-0.39, 0.29) is 29.8 Å². The minimum Gasteiger partial charge on any atom is -0.356 e. The third-order valence-corrected chi connectivity index (χ3v) is 4.25. The van der Waals surface area contributed by atoms with E-state index in [1.54, 1.807) is 25.6 Å². The van der Waals surface area contributed by atoms with Gasteiger partial charge in [-0.25, -0.2) is 14.4 Å². The molecule has 0 aliphatic heterocycles. The van der Waals surface area contributed by atoms with Crippen LogP contribution in [-0.2, 0) is 13.0 Å². The van der Waals surface area contributed by atoms with Crippen molar-refractivity contribution in [1.82, 2.24) is 25.2 Å². The number of nitrogens with zero attached hydrogens (tertiary/aromatic N) is 4. The van der Waals surface area contributed by atoms with Crippen LogP contribution in [0.1, 0.15) is 16.7 Å². The molecule has 2 heterocycles. The lowest BCUT2D eigenvalue weighted by Gasteiger charge is -2.13. The van der Waals surface area contributed by atoms with E-state index in [2.05, 4.69) is 25.6 Å². The van der Waals surface area contributed by atoms with Gasteiger partial charge in [0.15, 0.2) is 5.96 Å². The van der Waals surface area contributed by atoms with Crippen molar-refractivity contribution in [3.05, 3.63) is 77.8 Å². The molecule has 0 spiro atoms. The fraction of sp³-hybridized carbons (Fsp3) is 0.250. The maximum atomic E-state index is 13.2. The quantitative estimate of drug-likeness (QED) is 0.314. The molecule has 3 rings (SSSR count). The first-order valence-electron chi connectivity index (χ1n) is 8.78. The Morgan fingerprint density at radius 3 is 2.71 bits per heavy atom. The Hall–Kier alpha value is -2.49. The SMILES string of the molecule is CN=C(NCCc1ccc(F)cc1C)NCc1ccc(-n2ccnc2)nc1.I. The second-order valence-corrected chi connectivity index (χ2v) is 6.17. The highest BCUT2D eigenvalue weighted by Gasteiger charge is 2.03. The molecule has 0 saturated carbocycles. The molecule has 3 aromatic rings. The zero-order valence-electron chi connectivity index (χ0n) is 15.9. The van der Waals surface area contributed by atoms with E-state index in [1.807, 2.05) is 42.1 Å². The van der Waals surface area contributed by atoms with E-state index < -0.39 is 0 Å². The van der Waals surface area contributed by atoms with Gasteiger partial charge in [-0.15, -0.1) is 24.0 Å². The molecule has 2 N–H and O–H groups in total. The minimum atomic E-state index is -0.200. The molecule has 6 nitrogen and oxygen atoms in total. The number of aromatic nitrogens is 3. The van der Waals surface area contributed by atoms with E-state index in [9.17, 15) is 4.39 Å². The van der Waals surface area contributed by atoms with Crippen LogP contribution in [-0.4, -0.2) is 34.1 Å². The number of hydrogen-bond donors (Lipinski definition) is 2. The van der Waals surface area contributed by atoms with Crippen molar-refractivity contribution in [2.45, 2.75) is 19.9 Å². The molecule has 148 valence electrons. The van der Waals surface area contributed by atoms with E-state index in [0.29, 0.717) is 19.0 Å². The molecule has 0 radical (unpaired) electrons. The molecule has 2 aromatic heterocycles. The van der Waals surface area contributed by atoms with Gasteiger partial charge in [-0.1, -0.05) is 12.1 Å². The monoisotopic (exact) mass is 494 g/mol. The molecule has 0 fully saturated rings. The lowest BCUT2D eigenvalue weighted by atomic mass is 10.1. The van der Waals surface area contributed by atoms with Gasteiger partial charge in [-0.2, -0.15) is 0 Å². The number of benzene rings is 1. The third kappa shape index (κ3) is 6.01. The van der Waals surface area contributed by atoms with E-state index in [4.69, 9.17) is 0 Å². The Kier molecular flexibility index (Phi) is 8.37. The van der Waals surface area contributed by atoms with Gasteiger partial charge < -0.3 is 10.6 Å². The topological polar surface area (TPSA) is 67.1 Å². The van der Waals surface area contributed by atoms with Gasteiger partial charge in [0, 0.05) is 38.7 Å². The summed E-state index contributed by atoms with van der Waals surface area (Å²) in [5.74, 6) is 1.34. The zero-order valence-corrected chi connectivity index (χ0v) is 18.2. The smallest absolute Gasteiger partial charge is 0.191 e. The van der Waals surface area contributed by atoms with Crippen molar-refractivity contribution in [2.24, 2.45) is 4.99 Å². The number of imidazole rings is 1. The number of nitrogens with one attached hydrogen (secondary N) is 2. The Morgan fingerprint density at radius 2 is 2.07 bits per heavy atom. The number of halogens is 2. The molecule has 0 aliphatic rings. The van der Waals surface area contributed by atoms with Gasteiger partial charge in [0.25, 0.3) is 0 Å². The summed E-state index contributed by atoms with van der Waals surface area (Å²) < 4.78 is 15.0. The average molecular weight is 494 g/mol. The van der Waals surface area contributed by atoms with Crippen LogP contribution in [0.25, 0.3) is 5.82 Å². The standard InChI is InChI=1S/C20H23FN6.HI/c1-15-11-18(21)5-4-17(15)7-8-24-20(22-2)26-13-16-3-6-19(25-12-16)27-10-9-23-14-27;/h3-6,9-12,14H,7-8,13H2,1-2H3,(H2,22,24,26);1H. The summed E-state index contributed by atoms with van der Waals surface area (Å²) in [5, 5.41) is 6.55. The van der Waals surface area contributed by atoms with Crippen LogP contribution >= 0.6 is 24.0 Å². The lowest BCUT2D eigenvalue weighted by Crippen LogP contribution is -2.37. The second-order valence-electron chi connectivity index (χ2n) is 6.17. The molecular weight excluding hydrogens is 470 g/mol. The third-order valence-electron chi connectivity index (χ3n) is 4.25. The van der Waals surface area contributed by atoms with Crippen LogP contribution in [0.3, 0.4) is 0 Å². The molecule has 0 bridgehead atoms. The van der Waals surface area contributed by atoms with Gasteiger partial charge in [0.05, 0.1) is 0 Å². The Labute approximate surface area is 181 Å². The first kappa shape index (κ1) is 21.8. The minimum absolute atomic E-state index is 0. The summed E-state index contributed by atoms with van der Waals surface area (Å²) in [5.41, 5.74) is 3.14. The normalized spacial score (nSPS) is 11.0. The van der Waals surface area contributed by atoms with Gasteiger partial charge in [-0.3, -0.25) is 9.56 Å². The highest BCUT2D eigenvalue weighted by Crippen LogP contribution is 2.10. The van der Waals surface area contributed by atoms with Crippen LogP contribution in [0.15, 0.2) is 60.2 Å². The van der Waals surface area contributed by atoms with Crippen molar-refractivity contribution >= 4 is 29.9 Å². The van der Waals surface area contributed by atoms with Crippen molar-refractivity contribution in [1.29, 1.82) is 0 Å². The zero-order chi connectivity index (χ0) is 19.1. The maximum absolute atomic E-state index is 13.2. The van der Waals surface area contributed by atoms with Crippen molar-refractivity contribution < 1.29 is 4.39 Å². The summed E-state index contributed by atoms with van der Waals surface area (Å²) in [6, 6.07) is 8.85. The average Bonchev–Trinajstić information content (AvgIpc) is 3.21. The highest BCUT2D eigenvalue weighted by molar-refractivity contribution is 14.0. The fourth-order valence-electron chi connectivity index (χ4n) is 2.73. The van der Waals surface area contributed by atoms with E-state index in [1.165, 1.54) is 6.07 Å². The predicted molar refractivity (Wildman–Crippen MR) is 120 cm³/mol. The molecule has 0 atom stereocenters. The van der Waals surface area contributed by atoms with Crippen LogP contribution in [0.5, 0.6) is 0 Å². The summed E-state index contributed by atoms with van der Waals surface area (Å²) in [6.45, 7) is 3.25. The molecule has 0 aliphatic carbocycles.